The van der Waals surface area contributed by atoms with E-state index < -0.39 is 9.84 Å². The summed E-state index contributed by atoms with van der Waals surface area (Å²) in [5.41, 5.74) is 0.953. The van der Waals surface area contributed by atoms with Crippen LogP contribution in [0.5, 0.6) is 0 Å². The first kappa shape index (κ1) is 16.0. The fraction of sp³-hybridized carbons (Fsp3) is 0.500. The highest BCUT2D eigenvalue weighted by atomic mass is 79.9. The number of benzene rings is 1. The minimum absolute atomic E-state index is 0.108. The summed E-state index contributed by atoms with van der Waals surface area (Å²) in [6.07, 6.45) is 1.85. The van der Waals surface area contributed by atoms with Crippen LogP contribution in [-0.2, 0) is 16.3 Å². The minimum Gasteiger partial charge on any atom is -0.313 e. The van der Waals surface area contributed by atoms with Crippen LogP contribution in [0.1, 0.15) is 12.5 Å². The van der Waals surface area contributed by atoms with Crippen LogP contribution in [0.15, 0.2) is 22.7 Å². The summed E-state index contributed by atoms with van der Waals surface area (Å²) >= 11 is 9.48. The Labute approximate surface area is 122 Å². The maximum Gasteiger partial charge on any atom is 0.148 e. The number of nitrogens with one attached hydrogen (secondary N) is 1. The van der Waals surface area contributed by atoms with Crippen LogP contribution >= 0.6 is 27.5 Å². The molecule has 1 N–H and O–H groups in total. The Kier molecular flexibility index (Phi) is 6.11. The molecule has 0 spiro atoms. The Balaban J connectivity index is 2.82. The van der Waals surface area contributed by atoms with Crippen LogP contribution < -0.4 is 5.32 Å². The van der Waals surface area contributed by atoms with Crippen molar-refractivity contribution in [1.29, 1.82) is 0 Å². The van der Waals surface area contributed by atoms with Crippen LogP contribution in [0.25, 0.3) is 0 Å². The van der Waals surface area contributed by atoms with Crippen molar-refractivity contribution in [3.63, 3.8) is 0 Å². The number of hydrogen-bond donors (Lipinski definition) is 1. The summed E-state index contributed by atoms with van der Waals surface area (Å²) in [4.78, 5) is 0. The summed E-state index contributed by atoms with van der Waals surface area (Å²) in [6, 6.07) is 5.54. The summed E-state index contributed by atoms with van der Waals surface area (Å²) in [5, 5.41) is 3.83. The molecule has 0 fully saturated rings. The van der Waals surface area contributed by atoms with E-state index in [1.165, 1.54) is 6.26 Å². The van der Waals surface area contributed by atoms with Gasteiger partial charge in [-0.15, -0.1) is 0 Å². The highest BCUT2D eigenvalue weighted by Gasteiger charge is 2.16. The average Bonchev–Trinajstić information content (AvgIpc) is 2.20. The van der Waals surface area contributed by atoms with E-state index in [-0.39, 0.29) is 11.8 Å². The van der Waals surface area contributed by atoms with Crippen molar-refractivity contribution in [2.45, 2.75) is 19.4 Å². The molecule has 0 aromatic heterocycles. The maximum absolute atomic E-state index is 11.4. The van der Waals surface area contributed by atoms with Crippen molar-refractivity contribution in [3.8, 4) is 0 Å². The predicted octanol–water partition coefficient (Wildman–Crippen LogP) is 2.67. The second-order valence-corrected chi connectivity index (χ2v) is 7.79. The monoisotopic (exact) mass is 353 g/mol. The molecular weight excluding hydrogens is 338 g/mol. The van der Waals surface area contributed by atoms with E-state index in [0.29, 0.717) is 11.4 Å². The van der Waals surface area contributed by atoms with Crippen molar-refractivity contribution >= 4 is 37.4 Å². The fourth-order valence-electron chi connectivity index (χ4n) is 1.80. The van der Waals surface area contributed by atoms with E-state index in [9.17, 15) is 8.42 Å². The molecule has 102 valence electrons. The van der Waals surface area contributed by atoms with Gasteiger partial charge in [-0.25, -0.2) is 8.42 Å². The van der Waals surface area contributed by atoms with Crippen molar-refractivity contribution < 1.29 is 8.42 Å². The van der Waals surface area contributed by atoms with Crippen LogP contribution in [0.2, 0.25) is 5.02 Å². The molecule has 0 heterocycles. The van der Waals surface area contributed by atoms with Crippen LogP contribution in [-0.4, -0.2) is 33.0 Å². The van der Waals surface area contributed by atoms with Gasteiger partial charge in [-0.05, 0) is 30.7 Å². The summed E-state index contributed by atoms with van der Waals surface area (Å²) in [5.74, 6) is 0.118. The first-order chi connectivity index (χ1) is 8.31. The van der Waals surface area contributed by atoms with Gasteiger partial charge in [0.05, 0.1) is 5.75 Å². The highest BCUT2D eigenvalue weighted by Crippen LogP contribution is 2.22. The highest BCUT2D eigenvalue weighted by molar-refractivity contribution is 9.10. The zero-order valence-electron chi connectivity index (χ0n) is 10.4. The molecule has 1 aromatic rings. The van der Waals surface area contributed by atoms with Crippen LogP contribution in [0.4, 0.5) is 0 Å². The first-order valence-electron chi connectivity index (χ1n) is 5.67. The van der Waals surface area contributed by atoms with E-state index in [0.717, 1.165) is 16.6 Å². The van der Waals surface area contributed by atoms with Gasteiger partial charge in [-0.3, -0.25) is 0 Å². The zero-order chi connectivity index (χ0) is 13.8. The molecule has 0 aliphatic rings. The second-order valence-electron chi connectivity index (χ2n) is 4.29. The molecule has 1 atom stereocenters. The van der Waals surface area contributed by atoms with Gasteiger partial charge < -0.3 is 5.32 Å². The largest absolute Gasteiger partial charge is 0.313 e. The summed E-state index contributed by atoms with van der Waals surface area (Å²) in [7, 11) is -3.00. The molecule has 18 heavy (non-hydrogen) atoms. The van der Waals surface area contributed by atoms with Gasteiger partial charge in [-0.2, -0.15) is 0 Å². The Hall–Kier alpha value is -0.100. The Morgan fingerprint density at radius 2 is 2.11 bits per heavy atom. The molecule has 0 saturated heterocycles. The van der Waals surface area contributed by atoms with E-state index in [1.807, 2.05) is 25.1 Å². The molecule has 1 rings (SSSR count). The predicted molar refractivity (Wildman–Crippen MR) is 80.0 cm³/mol. The number of rotatable bonds is 6. The molecule has 0 saturated carbocycles. The van der Waals surface area contributed by atoms with E-state index in [2.05, 4.69) is 21.2 Å². The lowest BCUT2D eigenvalue weighted by Gasteiger charge is -2.17. The molecular formula is C12H17BrClNO2S. The number of likely N-dealkylation sites (N-methyl/N-ethyl adjacent to an activating group) is 1. The second kappa shape index (κ2) is 6.89. The lowest BCUT2D eigenvalue weighted by molar-refractivity contribution is 0.545. The standard InChI is InChI=1S/C12H17BrClNO2S/c1-3-15-11(8-18(2,16)17)6-9-4-5-10(13)7-12(9)14/h4-5,7,11,15H,3,6,8H2,1-2H3. The first-order valence-corrected chi connectivity index (χ1v) is 8.90. The number of halogens is 2. The normalized spacial score (nSPS) is 13.6. The molecule has 0 aliphatic carbocycles. The fourth-order valence-corrected chi connectivity index (χ4v) is 3.51. The number of hydrogen-bond acceptors (Lipinski definition) is 3. The van der Waals surface area contributed by atoms with E-state index in [1.54, 1.807) is 0 Å². The molecule has 3 nitrogen and oxygen atoms in total. The molecule has 0 amide bonds. The van der Waals surface area contributed by atoms with Gasteiger partial charge in [0.2, 0.25) is 0 Å². The van der Waals surface area contributed by atoms with Gasteiger partial charge in [0.1, 0.15) is 9.84 Å². The third-order valence-corrected chi connectivity index (χ3v) is 4.33. The maximum atomic E-state index is 11.4. The average molecular weight is 355 g/mol. The third kappa shape index (κ3) is 5.69. The third-order valence-electron chi connectivity index (χ3n) is 2.48. The van der Waals surface area contributed by atoms with Crippen molar-refractivity contribution in [3.05, 3.63) is 33.3 Å². The van der Waals surface area contributed by atoms with Gasteiger partial charge in [0, 0.05) is 21.8 Å². The molecule has 0 radical (unpaired) electrons. The Bertz CT molecular complexity index is 505. The minimum atomic E-state index is -3.00. The Morgan fingerprint density at radius 3 is 2.61 bits per heavy atom. The lowest BCUT2D eigenvalue weighted by Crippen LogP contribution is -2.37. The van der Waals surface area contributed by atoms with Crippen molar-refractivity contribution in [2.75, 3.05) is 18.6 Å². The van der Waals surface area contributed by atoms with E-state index in [4.69, 9.17) is 11.6 Å². The van der Waals surface area contributed by atoms with Crippen molar-refractivity contribution in [1.82, 2.24) is 5.32 Å². The quantitative estimate of drug-likeness (QED) is 0.854. The van der Waals surface area contributed by atoms with E-state index >= 15 is 0 Å². The number of sulfone groups is 1. The van der Waals surface area contributed by atoms with Crippen LogP contribution in [0, 0.1) is 0 Å². The Morgan fingerprint density at radius 1 is 1.44 bits per heavy atom. The molecule has 1 unspecified atom stereocenters. The van der Waals surface area contributed by atoms with Gasteiger partial charge in [-0.1, -0.05) is 40.5 Å². The zero-order valence-corrected chi connectivity index (χ0v) is 13.6. The molecule has 1 aromatic carbocycles. The molecule has 6 heteroatoms. The summed E-state index contributed by atoms with van der Waals surface area (Å²) in [6.45, 7) is 2.69. The van der Waals surface area contributed by atoms with Gasteiger partial charge in [0.25, 0.3) is 0 Å². The van der Waals surface area contributed by atoms with Crippen molar-refractivity contribution in [2.24, 2.45) is 0 Å². The smallest absolute Gasteiger partial charge is 0.148 e. The van der Waals surface area contributed by atoms with Gasteiger partial charge in [0.15, 0.2) is 0 Å². The van der Waals surface area contributed by atoms with Gasteiger partial charge >= 0.3 is 0 Å². The lowest BCUT2D eigenvalue weighted by atomic mass is 10.1. The van der Waals surface area contributed by atoms with Crippen LogP contribution in [0.3, 0.4) is 0 Å². The SMILES string of the molecule is CCNC(Cc1ccc(Br)cc1Cl)CS(C)(=O)=O. The molecule has 0 aliphatic heterocycles. The summed E-state index contributed by atoms with van der Waals surface area (Å²) < 4.78 is 23.6. The topological polar surface area (TPSA) is 46.2 Å². The molecule has 0 bridgehead atoms.